The van der Waals surface area contributed by atoms with Crippen LogP contribution < -0.4 is 17.0 Å². The standard InChI is InChI=1S/C13H12N6O2S/c14-11-15-7-16-12(18-11)22-6-5-19-10(20)8-3-1-2-4-9(8)17-13(19)21/h1-4,7H,5-6H2,(H,17,21)(H2,14,15,16,18). The molecule has 3 aromatic rings. The van der Waals surface area contributed by atoms with Crippen LogP contribution in [0.4, 0.5) is 5.95 Å². The number of rotatable bonds is 4. The van der Waals surface area contributed by atoms with Gasteiger partial charge in [0, 0.05) is 12.3 Å². The summed E-state index contributed by atoms with van der Waals surface area (Å²) in [6.07, 6.45) is 1.32. The molecule has 0 aliphatic carbocycles. The number of nitrogens with two attached hydrogens (primary N) is 1. The number of fused-ring (bicyclic) bond motifs is 1. The van der Waals surface area contributed by atoms with Crippen molar-refractivity contribution in [1.82, 2.24) is 24.5 Å². The molecule has 0 saturated heterocycles. The number of nitrogens with zero attached hydrogens (tertiary/aromatic N) is 4. The first kappa shape index (κ1) is 14.3. The van der Waals surface area contributed by atoms with Gasteiger partial charge in [-0.1, -0.05) is 23.9 Å². The van der Waals surface area contributed by atoms with E-state index < -0.39 is 5.69 Å². The Labute approximate surface area is 128 Å². The highest BCUT2D eigenvalue weighted by Gasteiger charge is 2.07. The summed E-state index contributed by atoms with van der Waals surface area (Å²) in [7, 11) is 0. The number of hydrogen-bond acceptors (Lipinski definition) is 7. The molecule has 0 bridgehead atoms. The molecule has 2 aromatic heterocycles. The Hall–Kier alpha value is -2.68. The lowest BCUT2D eigenvalue weighted by Gasteiger charge is -2.05. The molecule has 22 heavy (non-hydrogen) atoms. The van der Waals surface area contributed by atoms with Crippen LogP contribution in [0.15, 0.2) is 45.3 Å². The summed E-state index contributed by atoms with van der Waals surface area (Å²) in [5, 5.41) is 0.939. The molecule has 1 aromatic carbocycles. The summed E-state index contributed by atoms with van der Waals surface area (Å²) in [4.78, 5) is 38.6. The average Bonchev–Trinajstić information content (AvgIpc) is 2.51. The van der Waals surface area contributed by atoms with Crippen LogP contribution in [-0.2, 0) is 6.54 Å². The number of benzene rings is 1. The molecule has 0 atom stereocenters. The second-order valence-electron chi connectivity index (χ2n) is 4.41. The van der Waals surface area contributed by atoms with E-state index in [0.717, 1.165) is 0 Å². The van der Waals surface area contributed by atoms with Gasteiger partial charge < -0.3 is 10.7 Å². The first-order valence-electron chi connectivity index (χ1n) is 6.44. The molecule has 0 fully saturated rings. The molecule has 3 rings (SSSR count). The predicted octanol–water partition coefficient (Wildman–Crippen LogP) is 0.249. The molecular weight excluding hydrogens is 304 g/mol. The third kappa shape index (κ3) is 2.84. The summed E-state index contributed by atoms with van der Waals surface area (Å²) < 4.78 is 1.17. The van der Waals surface area contributed by atoms with Crippen LogP contribution in [0.25, 0.3) is 10.9 Å². The molecule has 0 spiro atoms. The van der Waals surface area contributed by atoms with Crippen LogP contribution in [0.2, 0.25) is 0 Å². The molecule has 0 saturated carbocycles. The third-order valence-electron chi connectivity index (χ3n) is 3.00. The second-order valence-corrected chi connectivity index (χ2v) is 5.47. The molecule has 0 aliphatic rings. The van der Waals surface area contributed by atoms with Crippen LogP contribution in [0.3, 0.4) is 0 Å². The Balaban J connectivity index is 1.82. The number of H-pyrrole nitrogens is 1. The molecule has 2 heterocycles. The highest BCUT2D eigenvalue weighted by atomic mass is 32.2. The van der Waals surface area contributed by atoms with E-state index in [-0.39, 0.29) is 18.1 Å². The molecule has 3 N–H and O–H groups in total. The van der Waals surface area contributed by atoms with Gasteiger partial charge in [-0.2, -0.15) is 4.98 Å². The highest BCUT2D eigenvalue weighted by Crippen LogP contribution is 2.12. The number of para-hydroxylation sites is 1. The van der Waals surface area contributed by atoms with Crippen LogP contribution in [0, 0.1) is 0 Å². The number of nitrogens with one attached hydrogen (secondary N) is 1. The maximum atomic E-state index is 12.3. The fourth-order valence-corrected chi connectivity index (χ4v) is 2.73. The monoisotopic (exact) mass is 316 g/mol. The Bertz CT molecular complexity index is 935. The summed E-state index contributed by atoms with van der Waals surface area (Å²) in [5.41, 5.74) is 5.26. The van der Waals surface area contributed by atoms with Crippen molar-refractivity contribution in [3.8, 4) is 0 Å². The van der Waals surface area contributed by atoms with Gasteiger partial charge in [-0.3, -0.25) is 9.36 Å². The van der Waals surface area contributed by atoms with Gasteiger partial charge in [0.15, 0.2) is 5.16 Å². The second kappa shape index (κ2) is 5.98. The Morgan fingerprint density at radius 1 is 1.23 bits per heavy atom. The lowest BCUT2D eigenvalue weighted by molar-refractivity contribution is 0.690. The van der Waals surface area contributed by atoms with Crippen molar-refractivity contribution < 1.29 is 0 Å². The lowest BCUT2D eigenvalue weighted by atomic mass is 10.2. The first-order valence-corrected chi connectivity index (χ1v) is 7.43. The van der Waals surface area contributed by atoms with Crippen molar-refractivity contribution in [2.45, 2.75) is 11.7 Å². The summed E-state index contributed by atoms with van der Waals surface area (Å²) in [6.45, 7) is 0.245. The van der Waals surface area contributed by atoms with E-state index >= 15 is 0 Å². The van der Waals surface area contributed by atoms with Gasteiger partial charge in [0.25, 0.3) is 5.56 Å². The Morgan fingerprint density at radius 2 is 2.05 bits per heavy atom. The van der Waals surface area contributed by atoms with Crippen LogP contribution >= 0.6 is 11.8 Å². The third-order valence-corrected chi connectivity index (χ3v) is 3.85. The zero-order chi connectivity index (χ0) is 15.5. The number of aromatic nitrogens is 5. The van der Waals surface area contributed by atoms with E-state index in [1.54, 1.807) is 24.3 Å². The number of hydrogen-bond donors (Lipinski definition) is 2. The first-order chi connectivity index (χ1) is 10.6. The van der Waals surface area contributed by atoms with Crippen LogP contribution in [0.5, 0.6) is 0 Å². The minimum atomic E-state index is -0.431. The molecular formula is C13H12N6O2S. The zero-order valence-electron chi connectivity index (χ0n) is 11.4. The molecule has 0 unspecified atom stereocenters. The molecule has 0 amide bonds. The number of anilines is 1. The largest absolute Gasteiger partial charge is 0.368 e. The van der Waals surface area contributed by atoms with Crippen molar-refractivity contribution in [2.75, 3.05) is 11.5 Å². The van der Waals surface area contributed by atoms with E-state index in [1.807, 2.05) is 0 Å². The van der Waals surface area contributed by atoms with Gasteiger partial charge in [0.2, 0.25) is 5.95 Å². The summed E-state index contributed by atoms with van der Waals surface area (Å²) >= 11 is 1.30. The van der Waals surface area contributed by atoms with Gasteiger partial charge in [0.1, 0.15) is 6.33 Å². The van der Waals surface area contributed by atoms with Gasteiger partial charge >= 0.3 is 5.69 Å². The molecule has 8 nitrogen and oxygen atoms in total. The maximum absolute atomic E-state index is 12.3. The molecule has 0 aliphatic heterocycles. The SMILES string of the molecule is Nc1ncnc(SCCn2c(=O)[nH]c3ccccc3c2=O)n1. The van der Waals surface area contributed by atoms with Gasteiger partial charge in [-0.25, -0.2) is 14.8 Å². The smallest absolute Gasteiger partial charge is 0.328 e. The van der Waals surface area contributed by atoms with Crippen molar-refractivity contribution in [2.24, 2.45) is 0 Å². The number of aromatic amines is 1. The predicted molar refractivity (Wildman–Crippen MR) is 83.8 cm³/mol. The van der Waals surface area contributed by atoms with Gasteiger partial charge in [-0.05, 0) is 12.1 Å². The van der Waals surface area contributed by atoms with Crippen molar-refractivity contribution >= 4 is 28.6 Å². The quantitative estimate of drug-likeness (QED) is 0.662. The van der Waals surface area contributed by atoms with Crippen LogP contribution in [0.1, 0.15) is 0 Å². The minimum absolute atomic E-state index is 0.137. The molecule has 9 heteroatoms. The number of nitrogen functional groups attached to an aromatic ring is 1. The van der Waals surface area contributed by atoms with E-state index in [4.69, 9.17) is 5.73 Å². The fraction of sp³-hybridized carbons (Fsp3) is 0.154. The summed E-state index contributed by atoms with van der Waals surface area (Å²) in [5.74, 6) is 0.600. The topological polar surface area (TPSA) is 120 Å². The fourth-order valence-electron chi connectivity index (χ4n) is 1.99. The van der Waals surface area contributed by atoms with Crippen molar-refractivity contribution in [3.05, 3.63) is 51.4 Å². The van der Waals surface area contributed by atoms with Gasteiger partial charge in [-0.15, -0.1) is 0 Å². The molecule has 112 valence electrons. The number of thioether (sulfide) groups is 1. The molecule has 0 radical (unpaired) electrons. The Morgan fingerprint density at radius 3 is 2.86 bits per heavy atom. The normalized spacial score (nSPS) is 10.9. The van der Waals surface area contributed by atoms with Gasteiger partial charge in [0.05, 0.1) is 10.9 Å². The minimum Gasteiger partial charge on any atom is -0.368 e. The van der Waals surface area contributed by atoms with E-state index in [1.165, 1.54) is 22.7 Å². The van der Waals surface area contributed by atoms with E-state index in [0.29, 0.717) is 21.8 Å². The van der Waals surface area contributed by atoms with E-state index in [9.17, 15) is 9.59 Å². The maximum Gasteiger partial charge on any atom is 0.328 e. The highest BCUT2D eigenvalue weighted by molar-refractivity contribution is 7.99. The lowest BCUT2D eigenvalue weighted by Crippen LogP contribution is -2.35. The van der Waals surface area contributed by atoms with Crippen molar-refractivity contribution in [3.63, 3.8) is 0 Å². The zero-order valence-corrected chi connectivity index (χ0v) is 12.2. The average molecular weight is 316 g/mol. The van der Waals surface area contributed by atoms with E-state index in [2.05, 4.69) is 19.9 Å². The van der Waals surface area contributed by atoms with Crippen molar-refractivity contribution in [1.29, 1.82) is 0 Å². The Kier molecular flexibility index (Phi) is 3.88. The van der Waals surface area contributed by atoms with Crippen LogP contribution in [-0.4, -0.2) is 30.3 Å². The summed E-state index contributed by atoms with van der Waals surface area (Å²) in [6, 6.07) is 6.91.